The maximum absolute atomic E-state index is 13.7. The molecule has 2 aromatic carbocycles. The summed E-state index contributed by atoms with van der Waals surface area (Å²) in [6.45, 7) is 3.97. The Morgan fingerprint density at radius 1 is 1.08 bits per heavy atom. The van der Waals surface area contributed by atoms with E-state index in [0.29, 0.717) is 23.7 Å². The van der Waals surface area contributed by atoms with E-state index in [-0.39, 0.29) is 12.5 Å². The molecular weight excluding hydrogens is 492 g/mol. The Morgan fingerprint density at radius 3 is 2.63 bits per heavy atom. The molecule has 3 amide bonds. The van der Waals surface area contributed by atoms with E-state index in [9.17, 15) is 23.6 Å². The minimum atomic E-state index is -1.04. The number of piperidine rings is 2. The maximum Gasteiger partial charge on any atom is 0.418 e. The van der Waals surface area contributed by atoms with Crippen molar-refractivity contribution >= 4 is 17.8 Å². The number of nitriles is 1. The zero-order valence-corrected chi connectivity index (χ0v) is 21.1. The first-order valence-corrected chi connectivity index (χ1v) is 13.1. The molecule has 5 rings (SSSR count). The van der Waals surface area contributed by atoms with Gasteiger partial charge in [-0.25, -0.2) is 23.3 Å². The van der Waals surface area contributed by atoms with Gasteiger partial charge in [-0.15, -0.1) is 0 Å². The molecule has 0 aromatic heterocycles. The van der Waals surface area contributed by atoms with Crippen LogP contribution < -0.4 is 10.2 Å². The number of ether oxygens (including phenoxy) is 1. The van der Waals surface area contributed by atoms with E-state index in [1.165, 1.54) is 6.07 Å². The van der Waals surface area contributed by atoms with Gasteiger partial charge in [0.2, 0.25) is 0 Å². The number of cyclic esters (lactones) is 1. The van der Waals surface area contributed by atoms with Crippen LogP contribution in [0.5, 0.6) is 0 Å². The maximum atomic E-state index is 13.7. The van der Waals surface area contributed by atoms with Crippen molar-refractivity contribution in [2.75, 3.05) is 44.2 Å². The molecule has 0 aliphatic carbocycles. The summed E-state index contributed by atoms with van der Waals surface area (Å²) in [6.07, 6.45) is 3.22. The van der Waals surface area contributed by atoms with E-state index in [2.05, 4.69) is 21.2 Å². The molecule has 0 radical (unpaired) electrons. The van der Waals surface area contributed by atoms with Crippen molar-refractivity contribution in [3.63, 3.8) is 0 Å². The third-order valence-electron chi connectivity index (χ3n) is 7.86. The van der Waals surface area contributed by atoms with E-state index < -0.39 is 29.8 Å². The zero-order chi connectivity index (χ0) is 26.6. The fourth-order valence-electron chi connectivity index (χ4n) is 5.84. The van der Waals surface area contributed by atoms with E-state index in [4.69, 9.17) is 4.74 Å². The zero-order valence-electron chi connectivity index (χ0n) is 21.1. The fraction of sp³-hybridized carbons (Fsp3) is 0.464. The van der Waals surface area contributed by atoms with Crippen LogP contribution in [0.2, 0.25) is 0 Å². The van der Waals surface area contributed by atoms with Gasteiger partial charge in [0.25, 0.3) is 0 Å². The first kappa shape index (κ1) is 25.9. The summed E-state index contributed by atoms with van der Waals surface area (Å²) in [4.78, 5) is 31.0. The molecule has 8 nitrogen and oxygen atoms in total. The fourth-order valence-corrected chi connectivity index (χ4v) is 5.84. The molecular formula is C28H31F2N5O3. The Morgan fingerprint density at radius 2 is 1.87 bits per heavy atom. The van der Waals surface area contributed by atoms with Crippen LogP contribution in [-0.2, 0) is 4.74 Å². The molecule has 2 aromatic rings. The SMILES string of the molecule is N#Cc1ccccc1N1CCC(N2CCCC(CNC(=O)N3C(=O)OCC3c3ccc(F)c(F)c3)C2)CC1. The largest absolute Gasteiger partial charge is 0.446 e. The van der Waals surface area contributed by atoms with Crippen molar-refractivity contribution in [1.82, 2.24) is 15.1 Å². The van der Waals surface area contributed by atoms with Gasteiger partial charge in [-0.1, -0.05) is 18.2 Å². The molecule has 10 heteroatoms. The number of nitrogens with zero attached hydrogens (tertiary/aromatic N) is 4. The Labute approximate surface area is 220 Å². The second-order valence-electron chi connectivity index (χ2n) is 10.2. The van der Waals surface area contributed by atoms with Crippen molar-refractivity contribution in [3.05, 3.63) is 65.2 Å². The van der Waals surface area contributed by atoms with Crippen LogP contribution in [0.15, 0.2) is 42.5 Å². The number of amides is 3. The lowest BCUT2D eigenvalue weighted by atomic mass is 9.93. The number of carbonyl (C=O) groups is 2. The highest BCUT2D eigenvalue weighted by Crippen LogP contribution is 2.30. The third-order valence-corrected chi connectivity index (χ3v) is 7.86. The topological polar surface area (TPSA) is 88.9 Å². The van der Waals surface area contributed by atoms with Crippen molar-refractivity contribution in [3.8, 4) is 6.07 Å². The van der Waals surface area contributed by atoms with E-state index in [1.807, 2.05) is 24.3 Å². The summed E-state index contributed by atoms with van der Waals surface area (Å²) in [5.41, 5.74) is 2.00. The third kappa shape index (κ3) is 5.43. The molecule has 3 saturated heterocycles. The summed E-state index contributed by atoms with van der Waals surface area (Å²) >= 11 is 0. The molecule has 1 N–H and O–H groups in total. The second-order valence-corrected chi connectivity index (χ2v) is 10.2. The van der Waals surface area contributed by atoms with Crippen LogP contribution in [0, 0.1) is 28.9 Å². The standard InChI is InChI=1S/C28H31F2N5O3/c29-23-8-7-20(14-24(23)30)26-18-38-28(37)35(26)27(36)32-16-19-4-3-11-34(17-19)22-9-12-33(13-10-22)25-6-2-1-5-21(25)15-31/h1-2,5-8,14,19,22,26H,3-4,9-13,16-18H2,(H,32,36). The molecule has 38 heavy (non-hydrogen) atoms. The first-order chi connectivity index (χ1) is 18.4. The predicted octanol–water partition coefficient (Wildman–Crippen LogP) is 4.42. The Hall–Kier alpha value is -3.71. The smallest absolute Gasteiger partial charge is 0.418 e. The number of halogens is 2. The van der Waals surface area contributed by atoms with Gasteiger partial charge in [0.05, 0.1) is 11.3 Å². The number of hydrogen-bond acceptors (Lipinski definition) is 6. The van der Waals surface area contributed by atoms with Crippen LogP contribution in [0.25, 0.3) is 0 Å². The van der Waals surface area contributed by atoms with Crippen LogP contribution in [-0.4, -0.2) is 67.3 Å². The Bertz CT molecular complexity index is 1230. The number of likely N-dealkylation sites (tertiary alicyclic amines) is 1. The van der Waals surface area contributed by atoms with Gasteiger partial charge in [0, 0.05) is 32.2 Å². The quantitative estimate of drug-likeness (QED) is 0.624. The molecule has 3 heterocycles. The van der Waals surface area contributed by atoms with Crippen molar-refractivity contribution in [2.45, 2.75) is 37.8 Å². The summed E-state index contributed by atoms with van der Waals surface area (Å²) < 4.78 is 32.1. The average Bonchev–Trinajstić information content (AvgIpc) is 3.34. The molecule has 200 valence electrons. The highest BCUT2D eigenvalue weighted by molar-refractivity contribution is 5.92. The van der Waals surface area contributed by atoms with Gasteiger partial charge in [0.15, 0.2) is 11.6 Å². The molecule has 2 unspecified atom stereocenters. The monoisotopic (exact) mass is 523 g/mol. The number of rotatable bonds is 5. The summed E-state index contributed by atoms with van der Waals surface area (Å²) in [5, 5.41) is 12.3. The van der Waals surface area contributed by atoms with Crippen molar-refractivity contribution < 1.29 is 23.1 Å². The molecule has 3 aliphatic rings. The molecule has 3 fully saturated rings. The molecule has 0 saturated carbocycles. The number of urea groups is 1. The number of carbonyl (C=O) groups excluding carboxylic acids is 2. The average molecular weight is 524 g/mol. The lowest BCUT2D eigenvalue weighted by molar-refractivity contribution is 0.105. The highest BCUT2D eigenvalue weighted by atomic mass is 19.2. The number of anilines is 1. The van der Waals surface area contributed by atoms with Gasteiger partial charge in [-0.2, -0.15) is 5.26 Å². The minimum Gasteiger partial charge on any atom is -0.446 e. The molecule has 0 spiro atoms. The molecule has 2 atom stereocenters. The minimum absolute atomic E-state index is 0.105. The van der Waals surface area contributed by atoms with Gasteiger partial charge in [0.1, 0.15) is 18.7 Å². The number of imide groups is 1. The van der Waals surface area contributed by atoms with Crippen molar-refractivity contribution in [2.24, 2.45) is 5.92 Å². The van der Waals surface area contributed by atoms with Gasteiger partial charge < -0.3 is 15.0 Å². The van der Waals surface area contributed by atoms with Gasteiger partial charge in [-0.3, -0.25) is 4.90 Å². The van der Waals surface area contributed by atoms with E-state index in [1.54, 1.807) is 0 Å². The number of hydrogen-bond donors (Lipinski definition) is 1. The van der Waals surface area contributed by atoms with Crippen LogP contribution >= 0.6 is 0 Å². The molecule has 3 aliphatic heterocycles. The van der Waals surface area contributed by atoms with Crippen LogP contribution in [0.1, 0.15) is 42.9 Å². The first-order valence-electron chi connectivity index (χ1n) is 13.1. The second kappa shape index (κ2) is 11.4. The van der Waals surface area contributed by atoms with Gasteiger partial charge >= 0.3 is 12.1 Å². The summed E-state index contributed by atoms with van der Waals surface area (Å²) in [6, 6.07) is 12.4. The summed E-state index contributed by atoms with van der Waals surface area (Å²) in [7, 11) is 0. The Balaban J connectivity index is 1.14. The van der Waals surface area contributed by atoms with Crippen molar-refractivity contribution in [1.29, 1.82) is 5.26 Å². The normalized spacial score (nSPS) is 22.7. The number of nitrogens with one attached hydrogen (secondary N) is 1. The lowest BCUT2D eigenvalue weighted by Gasteiger charge is -2.43. The lowest BCUT2D eigenvalue weighted by Crippen LogP contribution is -2.51. The number of para-hydroxylation sites is 1. The number of benzene rings is 2. The Kier molecular flexibility index (Phi) is 7.74. The highest BCUT2D eigenvalue weighted by Gasteiger charge is 2.39. The van der Waals surface area contributed by atoms with Crippen LogP contribution in [0.4, 0.5) is 24.1 Å². The summed E-state index contributed by atoms with van der Waals surface area (Å²) in [5.74, 6) is -1.79. The van der Waals surface area contributed by atoms with Crippen LogP contribution in [0.3, 0.4) is 0 Å². The van der Waals surface area contributed by atoms with E-state index >= 15 is 0 Å². The predicted molar refractivity (Wildman–Crippen MR) is 136 cm³/mol. The van der Waals surface area contributed by atoms with E-state index in [0.717, 1.165) is 74.6 Å². The molecule has 0 bridgehead atoms. The van der Waals surface area contributed by atoms with Gasteiger partial charge in [-0.05, 0) is 68.0 Å².